The third-order valence-corrected chi connectivity index (χ3v) is 9.57. The summed E-state index contributed by atoms with van der Waals surface area (Å²) >= 11 is 1.52. The van der Waals surface area contributed by atoms with Gasteiger partial charge in [0.15, 0.2) is 0 Å². The lowest BCUT2D eigenvalue weighted by atomic mass is 9.91. The summed E-state index contributed by atoms with van der Waals surface area (Å²) in [6.07, 6.45) is 3.13. The first-order valence-electron chi connectivity index (χ1n) is 13.8. The number of amides is 1. The van der Waals surface area contributed by atoms with Crippen LogP contribution in [-0.2, 0) is 21.4 Å². The van der Waals surface area contributed by atoms with E-state index >= 15 is 0 Å². The van der Waals surface area contributed by atoms with Crippen molar-refractivity contribution in [1.82, 2.24) is 19.7 Å². The van der Waals surface area contributed by atoms with Crippen molar-refractivity contribution in [1.29, 1.82) is 0 Å². The fraction of sp³-hybridized carbons (Fsp3) is 0.533. The van der Waals surface area contributed by atoms with Gasteiger partial charge < -0.3 is 24.7 Å². The minimum absolute atomic E-state index is 0.275. The van der Waals surface area contributed by atoms with Crippen LogP contribution in [0.1, 0.15) is 48.3 Å². The number of aromatic amines is 1. The zero-order valence-corrected chi connectivity index (χ0v) is 23.9. The number of aryl methyl sites for hydroxylation is 2. The summed E-state index contributed by atoms with van der Waals surface area (Å²) in [5.41, 5.74) is 4.96. The van der Waals surface area contributed by atoms with E-state index in [-0.39, 0.29) is 5.91 Å². The predicted molar refractivity (Wildman–Crippen MR) is 152 cm³/mol. The van der Waals surface area contributed by atoms with Crippen LogP contribution in [0.5, 0.6) is 0 Å². The largest absolute Gasteiger partial charge is 0.549 e. The van der Waals surface area contributed by atoms with Crippen molar-refractivity contribution in [2.45, 2.75) is 52.4 Å². The van der Waals surface area contributed by atoms with Gasteiger partial charge in [-0.2, -0.15) is 0 Å². The molecule has 7 nitrogen and oxygen atoms in total. The molecular weight excluding hydrogens is 496 g/mol. The molecule has 0 saturated carbocycles. The van der Waals surface area contributed by atoms with Crippen molar-refractivity contribution in [3.8, 4) is 11.3 Å². The molecule has 0 spiro atoms. The Balaban J connectivity index is 1.33. The zero-order valence-electron chi connectivity index (χ0n) is 23.1. The van der Waals surface area contributed by atoms with Gasteiger partial charge in [0.1, 0.15) is 4.83 Å². The zero-order chi connectivity index (χ0) is 27.0. The standard InChI is InChI=1S/C30H40N4O3S/c1-20-15-21(2)17-22(16-20)27-23(24-18-25(38-28(24)31-27)30(3,4)29(36)37)7-10-32-11-13-33(14-12-32)19-26(35)34-8-5-6-9-34/h15-18,31H,5-14,19H2,1-4H3,(H,36,37)/p-1. The number of carbonyl (C=O) groups excluding carboxylic acids is 2. The summed E-state index contributed by atoms with van der Waals surface area (Å²) in [5, 5.41) is 12.9. The van der Waals surface area contributed by atoms with Gasteiger partial charge in [-0.05, 0) is 76.3 Å². The van der Waals surface area contributed by atoms with Crippen molar-refractivity contribution >= 4 is 33.4 Å². The van der Waals surface area contributed by atoms with E-state index in [9.17, 15) is 14.7 Å². The first-order chi connectivity index (χ1) is 18.1. The van der Waals surface area contributed by atoms with E-state index in [2.05, 4.69) is 52.9 Å². The highest BCUT2D eigenvalue weighted by atomic mass is 32.1. The molecule has 2 aromatic heterocycles. The minimum atomic E-state index is -1.06. The number of hydrogen-bond acceptors (Lipinski definition) is 6. The minimum Gasteiger partial charge on any atom is -0.549 e. The number of carbonyl (C=O) groups is 2. The number of carboxylic acid groups (broad SMARTS) is 1. The number of piperazine rings is 1. The van der Waals surface area contributed by atoms with E-state index in [1.165, 1.54) is 33.6 Å². The van der Waals surface area contributed by atoms with E-state index in [1.807, 2.05) is 4.90 Å². The predicted octanol–water partition coefficient (Wildman–Crippen LogP) is 3.32. The van der Waals surface area contributed by atoms with Gasteiger partial charge in [0, 0.05) is 61.5 Å². The molecule has 2 saturated heterocycles. The molecule has 4 heterocycles. The molecule has 8 heteroatoms. The van der Waals surface area contributed by atoms with Gasteiger partial charge in [-0.25, -0.2) is 0 Å². The first-order valence-corrected chi connectivity index (χ1v) is 14.6. The molecule has 3 aromatic rings. The van der Waals surface area contributed by atoms with Gasteiger partial charge in [0.2, 0.25) is 5.91 Å². The van der Waals surface area contributed by atoms with Crippen LogP contribution in [0.15, 0.2) is 24.3 Å². The van der Waals surface area contributed by atoms with E-state index < -0.39 is 11.4 Å². The van der Waals surface area contributed by atoms with Crippen molar-refractivity contribution in [3.05, 3.63) is 45.8 Å². The Morgan fingerprint density at radius 3 is 2.21 bits per heavy atom. The van der Waals surface area contributed by atoms with Crippen molar-refractivity contribution in [2.24, 2.45) is 0 Å². The molecular formula is C30H39N4O3S-. The molecule has 1 N–H and O–H groups in total. The molecule has 2 aliphatic heterocycles. The maximum absolute atomic E-state index is 12.6. The van der Waals surface area contributed by atoms with Crippen molar-refractivity contribution in [2.75, 3.05) is 52.4 Å². The monoisotopic (exact) mass is 535 g/mol. The summed E-state index contributed by atoms with van der Waals surface area (Å²) < 4.78 is 0. The van der Waals surface area contributed by atoms with Gasteiger partial charge in [-0.15, -0.1) is 11.3 Å². The number of nitrogens with zero attached hydrogens (tertiary/aromatic N) is 3. The molecule has 0 unspecified atom stereocenters. The summed E-state index contributed by atoms with van der Waals surface area (Å²) in [4.78, 5) is 36.6. The molecule has 2 fully saturated rings. The molecule has 204 valence electrons. The quantitative estimate of drug-likeness (QED) is 0.479. The molecule has 0 bridgehead atoms. The normalized spacial score (nSPS) is 17.5. The summed E-state index contributed by atoms with van der Waals surface area (Å²) in [6, 6.07) is 8.67. The molecule has 2 aliphatic rings. The smallest absolute Gasteiger partial charge is 0.236 e. The average molecular weight is 536 g/mol. The lowest BCUT2D eigenvalue weighted by molar-refractivity contribution is -0.312. The highest BCUT2D eigenvalue weighted by Crippen LogP contribution is 2.40. The van der Waals surface area contributed by atoms with Gasteiger partial charge in [0.05, 0.1) is 18.2 Å². The summed E-state index contributed by atoms with van der Waals surface area (Å²) in [5.74, 6) is -0.782. The van der Waals surface area contributed by atoms with Crippen molar-refractivity contribution < 1.29 is 14.7 Å². The van der Waals surface area contributed by atoms with Crippen LogP contribution in [0.4, 0.5) is 0 Å². The molecule has 0 radical (unpaired) electrons. The fourth-order valence-electron chi connectivity index (χ4n) is 5.76. The number of aromatic nitrogens is 1. The maximum atomic E-state index is 12.6. The average Bonchev–Trinajstić information content (AvgIpc) is 3.60. The van der Waals surface area contributed by atoms with Crippen LogP contribution in [0.2, 0.25) is 0 Å². The Hall–Kier alpha value is -2.68. The van der Waals surface area contributed by atoms with E-state index in [4.69, 9.17) is 0 Å². The second kappa shape index (κ2) is 10.8. The molecule has 0 atom stereocenters. The Morgan fingerprint density at radius 1 is 0.947 bits per heavy atom. The van der Waals surface area contributed by atoms with Gasteiger partial charge in [-0.1, -0.05) is 17.2 Å². The van der Waals surface area contributed by atoms with Gasteiger partial charge in [0.25, 0.3) is 0 Å². The van der Waals surface area contributed by atoms with Crippen molar-refractivity contribution in [3.63, 3.8) is 0 Å². The van der Waals surface area contributed by atoms with E-state index in [1.54, 1.807) is 13.8 Å². The maximum Gasteiger partial charge on any atom is 0.236 e. The Morgan fingerprint density at radius 2 is 1.58 bits per heavy atom. The van der Waals surface area contributed by atoms with Crippen LogP contribution in [0.25, 0.3) is 21.5 Å². The number of H-pyrrole nitrogens is 1. The second-order valence-corrected chi connectivity index (χ2v) is 12.6. The molecule has 1 amide bonds. The molecule has 0 aliphatic carbocycles. The summed E-state index contributed by atoms with van der Waals surface area (Å²) in [7, 11) is 0. The number of benzene rings is 1. The Bertz CT molecular complexity index is 1310. The number of carboxylic acids is 1. The second-order valence-electron chi connectivity index (χ2n) is 11.6. The van der Waals surface area contributed by atoms with Gasteiger partial charge >= 0.3 is 0 Å². The number of rotatable bonds is 8. The number of hydrogen-bond donors (Lipinski definition) is 1. The number of thiophene rings is 1. The third-order valence-electron chi connectivity index (χ3n) is 8.19. The molecule has 5 rings (SSSR count). The third kappa shape index (κ3) is 5.53. The number of aliphatic carboxylic acids is 1. The van der Waals surface area contributed by atoms with E-state index in [0.717, 1.165) is 85.9 Å². The van der Waals surface area contributed by atoms with E-state index in [0.29, 0.717) is 6.54 Å². The van der Waals surface area contributed by atoms with Crippen LogP contribution in [0, 0.1) is 13.8 Å². The molecule has 38 heavy (non-hydrogen) atoms. The number of likely N-dealkylation sites (tertiary alicyclic amines) is 1. The first kappa shape index (κ1) is 26.9. The molecule has 1 aromatic carbocycles. The topological polar surface area (TPSA) is 82.7 Å². The lowest BCUT2D eigenvalue weighted by Gasteiger charge is -2.35. The van der Waals surface area contributed by atoms with Crippen LogP contribution < -0.4 is 5.11 Å². The Kier molecular flexibility index (Phi) is 7.67. The number of fused-ring (bicyclic) bond motifs is 1. The van der Waals surface area contributed by atoms with Crippen LogP contribution >= 0.6 is 11.3 Å². The summed E-state index contributed by atoms with van der Waals surface area (Å²) in [6.45, 7) is 14.7. The van der Waals surface area contributed by atoms with Crippen LogP contribution in [0.3, 0.4) is 0 Å². The highest BCUT2D eigenvalue weighted by molar-refractivity contribution is 7.19. The van der Waals surface area contributed by atoms with Gasteiger partial charge in [-0.3, -0.25) is 9.69 Å². The fourth-order valence-corrected chi connectivity index (χ4v) is 6.94. The Labute approximate surface area is 229 Å². The lowest BCUT2D eigenvalue weighted by Crippen LogP contribution is -2.50. The number of nitrogens with one attached hydrogen (secondary N) is 1. The van der Waals surface area contributed by atoms with Crippen LogP contribution in [-0.4, -0.2) is 83.9 Å². The highest BCUT2D eigenvalue weighted by Gasteiger charge is 2.28. The SMILES string of the molecule is Cc1cc(C)cc(-c2[nH]c3sc(C(C)(C)C(=O)[O-])cc3c2CCN2CCN(CC(=O)N3CCCC3)CC2)c1.